The van der Waals surface area contributed by atoms with Crippen molar-refractivity contribution >= 4 is 34.9 Å². The van der Waals surface area contributed by atoms with E-state index < -0.39 is 23.8 Å². The van der Waals surface area contributed by atoms with E-state index in [1.807, 2.05) is 0 Å². The largest absolute Gasteiger partial charge is 0.494 e. The van der Waals surface area contributed by atoms with Crippen molar-refractivity contribution in [2.75, 3.05) is 11.9 Å². The molecule has 0 aliphatic carbocycles. The average molecular weight is 422 g/mol. The molecule has 1 amide bonds. The standard InChI is InChI=1S/C21H21ClFNO5/c1-13(25)15-5-8-17(9-6-15)28-11-3-4-20(26)29-14(2)21(27)24-19-10-7-16(23)12-18(19)22/h5-10,12,14H,3-4,11H2,1-2H3,(H,24,27). The van der Waals surface area contributed by atoms with Crippen molar-refractivity contribution in [1.29, 1.82) is 0 Å². The highest BCUT2D eigenvalue weighted by Crippen LogP contribution is 2.22. The number of ether oxygens (including phenoxy) is 2. The number of hydrogen-bond donors (Lipinski definition) is 1. The number of hydrogen-bond acceptors (Lipinski definition) is 5. The monoisotopic (exact) mass is 421 g/mol. The Kier molecular flexibility index (Phi) is 8.15. The van der Waals surface area contributed by atoms with E-state index in [4.69, 9.17) is 21.1 Å². The number of halogens is 2. The highest BCUT2D eigenvalue weighted by atomic mass is 35.5. The molecule has 154 valence electrons. The van der Waals surface area contributed by atoms with Crippen LogP contribution < -0.4 is 10.1 Å². The second-order valence-electron chi connectivity index (χ2n) is 6.28. The number of esters is 1. The Hall–Kier alpha value is -2.93. The molecule has 0 saturated carbocycles. The summed E-state index contributed by atoms with van der Waals surface area (Å²) in [4.78, 5) is 35.2. The van der Waals surface area contributed by atoms with Crippen molar-refractivity contribution in [2.45, 2.75) is 32.8 Å². The fourth-order valence-electron chi connectivity index (χ4n) is 2.33. The van der Waals surface area contributed by atoms with Gasteiger partial charge in [-0.1, -0.05) is 11.6 Å². The third-order valence-corrected chi connectivity index (χ3v) is 4.23. The summed E-state index contributed by atoms with van der Waals surface area (Å²) in [6, 6.07) is 10.3. The molecule has 2 rings (SSSR count). The maximum Gasteiger partial charge on any atom is 0.306 e. The summed E-state index contributed by atoms with van der Waals surface area (Å²) in [5, 5.41) is 2.53. The highest BCUT2D eigenvalue weighted by Gasteiger charge is 2.18. The van der Waals surface area contributed by atoms with E-state index >= 15 is 0 Å². The van der Waals surface area contributed by atoms with Gasteiger partial charge in [0.05, 0.1) is 17.3 Å². The summed E-state index contributed by atoms with van der Waals surface area (Å²) in [6.07, 6.45) is -0.574. The van der Waals surface area contributed by atoms with E-state index in [1.54, 1.807) is 24.3 Å². The van der Waals surface area contributed by atoms with Crippen molar-refractivity contribution in [2.24, 2.45) is 0 Å². The number of amides is 1. The zero-order valence-corrected chi connectivity index (χ0v) is 16.8. The number of rotatable bonds is 9. The van der Waals surface area contributed by atoms with Gasteiger partial charge in [0.2, 0.25) is 0 Å². The first-order valence-electron chi connectivity index (χ1n) is 8.95. The van der Waals surface area contributed by atoms with Gasteiger partial charge in [-0.2, -0.15) is 0 Å². The Balaban J connectivity index is 1.71. The van der Waals surface area contributed by atoms with Crippen LogP contribution in [0.2, 0.25) is 5.02 Å². The lowest BCUT2D eigenvalue weighted by atomic mass is 10.1. The van der Waals surface area contributed by atoms with E-state index in [9.17, 15) is 18.8 Å². The smallest absolute Gasteiger partial charge is 0.306 e. The summed E-state index contributed by atoms with van der Waals surface area (Å²) in [6.45, 7) is 3.19. The predicted molar refractivity (Wildman–Crippen MR) is 107 cm³/mol. The van der Waals surface area contributed by atoms with Crippen LogP contribution in [0.25, 0.3) is 0 Å². The lowest BCUT2D eigenvalue weighted by Crippen LogP contribution is -2.30. The van der Waals surface area contributed by atoms with Gasteiger partial charge in [0.25, 0.3) is 5.91 Å². The van der Waals surface area contributed by atoms with E-state index in [0.717, 1.165) is 12.1 Å². The van der Waals surface area contributed by atoms with Gasteiger partial charge < -0.3 is 14.8 Å². The van der Waals surface area contributed by atoms with Crippen molar-refractivity contribution in [3.05, 3.63) is 58.9 Å². The molecule has 2 aromatic rings. The molecule has 29 heavy (non-hydrogen) atoms. The topological polar surface area (TPSA) is 81.7 Å². The minimum Gasteiger partial charge on any atom is -0.494 e. The number of ketones is 1. The van der Waals surface area contributed by atoms with E-state index in [2.05, 4.69) is 5.32 Å². The van der Waals surface area contributed by atoms with Crippen molar-refractivity contribution < 1.29 is 28.2 Å². The summed E-state index contributed by atoms with van der Waals surface area (Å²) in [5.41, 5.74) is 0.820. The second kappa shape index (κ2) is 10.6. The lowest BCUT2D eigenvalue weighted by Gasteiger charge is -2.14. The number of Topliss-reactive ketones (excluding diaryl/α,β-unsaturated/α-hetero) is 1. The van der Waals surface area contributed by atoms with Crippen LogP contribution in [0, 0.1) is 5.82 Å². The third kappa shape index (κ3) is 7.19. The van der Waals surface area contributed by atoms with E-state index in [0.29, 0.717) is 17.7 Å². The van der Waals surface area contributed by atoms with Crippen LogP contribution in [0.15, 0.2) is 42.5 Å². The SMILES string of the molecule is CC(=O)c1ccc(OCCCC(=O)OC(C)C(=O)Nc2ccc(F)cc2Cl)cc1. The van der Waals surface area contributed by atoms with Crippen LogP contribution in [0.1, 0.15) is 37.0 Å². The van der Waals surface area contributed by atoms with E-state index in [1.165, 1.54) is 19.9 Å². The molecule has 0 aliphatic heterocycles. The van der Waals surface area contributed by atoms with Gasteiger partial charge in [-0.15, -0.1) is 0 Å². The lowest BCUT2D eigenvalue weighted by molar-refractivity contribution is -0.153. The van der Waals surface area contributed by atoms with Crippen molar-refractivity contribution in [3.63, 3.8) is 0 Å². The zero-order valence-electron chi connectivity index (χ0n) is 16.0. The van der Waals surface area contributed by atoms with Crippen LogP contribution in [-0.2, 0) is 14.3 Å². The normalized spacial score (nSPS) is 11.4. The molecule has 0 saturated heterocycles. The molecule has 1 atom stereocenters. The van der Waals surface area contributed by atoms with Crippen LogP contribution in [0.4, 0.5) is 10.1 Å². The summed E-state index contributed by atoms with van der Waals surface area (Å²) in [7, 11) is 0. The number of anilines is 1. The Bertz CT molecular complexity index is 885. The molecule has 0 fully saturated rings. The van der Waals surface area contributed by atoms with Gasteiger partial charge in [0, 0.05) is 12.0 Å². The summed E-state index contributed by atoms with van der Waals surface area (Å²) >= 11 is 5.85. The Labute approximate surface area is 173 Å². The fraction of sp³-hybridized carbons (Fsp3) is 0.286. The van der Waals surface area contributed by atoms with E-state index in [-0.39, 0.29) is 29.5 Å². The number of carbonyl (C=O) groups excluding carboxylic acids is 3. The molecule has 0 aliphatic rings. The number of nitrogens with one attached hydrogen (secondary N) is 1. The van der Waals surface area contributed by atoms with Gasteiger partial charge in [-0.3, -0.25) is 14.4 Å². The number of benzene rings is 2. The first-order valence-corrected chi connectivity index (χ1v) is 9.33. The molecule has 0 aromatic heterocycles. The van der Waals surface area contributed by atoms with Crippen LogP contribution >= 0.6 is 11.6 Å². The average Bonchev–Trinajstić information content (AvgIpc) is 2.67. The van der Waals surface area contributed by atoms with Crippen molar-refractivity contribution in [1.82, 2.24) is 0 Å². The quantitative estimate of drug-likeness (QED) is 0.368. The maximum absolute atomic E-state index is 13.0. The van der Waals surface area contributed by atoms with Crippen LogP contribution in [-0.4, -0.2) is 30.4 Å². The zero-order chi connectivity index (χ0) is 21.4. The second-order valence-corrected chi connectivity index (χ2v) is 6.69. The van der Waals surface area contributed by atoms with Crippen LogP contribution in [0.5, 0.6) is 5.75 Å². The molecule has 1 N–H and O–H groups in total. The Morgan fingerprint density at radius 2 is 1.83 bits per heavy atom. The van der Waals surface area contributed by atoms with Crippen molar-refractivity contribution in [3.8, 4) is 5.75 Å². The number of carbonyl (C=O) groups is 3. The van der Waals surface area contributed by atoms with Gasteiger partial charge in [0.1, 0.15) is 11.6 Å². The molecule has 8 heteroatoms. The third-order valence-electron chi connectivity index (χ3n) is 3.92. The minimum absolute atomic E-state index is 0.0286. The molecule has 6 nitrogen and oxygen atoms in total. The predicted octanol–water partition coefficient (Wildman–Crippen LogP) is 4.41. The molecule has 0 heterocycles. The Morgan fingerprint density at radius 1 is 1.14 bits per heavy atom. The van der Waals surface area contributed by atoms with Gasteiger partial charge in [-0.05, 0) is 62.7 Å². The molecule has 0 radical (unpaired) electrons. The van der Waals surface area contributed by atoms with Gasteiger partial charge in [0.15, 0.2) is 11.9 Å². The summed E-state index contributed by atoms with van der Waals surface area (Å²) < 4.78 is 23.6. The highest BCUT2D eigenvalue weighted by molar-refractivity contribution is 6.33. The first-order chi connectivity index (χ1) is 13.8. The van der Waals surface area contributed by atoms with Gasteiger partial charge in [-0.25, -0.2) is 4.39 Å². The molecular weight excluding hydrogens is 401 g/mol. The van der Waals surface area contributed by atoms with Crippen LogP contribution in [0.3, 0.4) is 0 Å². The Morgan fingerprint density at radius 3 is 2.45 bits per heavy atom. The summed E-state index contributed by atoms with van der Waals surface area (Å²) in [5.74, 6) is -1.09. The molecule has 1 unspecified atom stereocenters. The van der Waals surface area contributed by atoms with Gasteiger partial charge >= 0.3 is 5.97 Å². The molecule has 0 bridgehead atoms. The molecular formula is C21H21ClFNO5. The molecule has 0 spiro atoms. The first kappa shape index (κ1) is 22.4. The molecule has 2 aromatic carbocycles. The maximum atomic E-state index is 13.0. The fourth-order valence-corrected chi connectivity index (χ4v) is 2.54. The minimum atomic E-state index is -1.04.